The van der Waals surface area contributed by atoms with Crippen LogP contribution >= 0.6 is 0 Å². The van der Waals surface area contributed by atoms with Crippen LogP contribution in [0.4, 0.5) is 0 Å². The number of para-hydroxylation sites is 2. The van der Waals surface area contributed by atoms with Gasteiger partial charge in [0, 0.05) is 5.56 Å². The lowest BCUT2D eigenvalue weighted by molar-refractivity contribution is 0.0933. The molecule has 0 saturated heterocycles. The van der Waals surface area contributed by atoms with Crippen LogP contribution in [-0.2, 0) is 0 Å². The first-order valence-corrected chi connectivity index (χ1v) is 8.48. The number of rotatable bonds is 4. The lowest BCUT2D eigenvalue weighted by Crippen LogP contribution is -2.27. The molecule has 26 heavy (non-hydrogen) atoms. The van der Waals surface area contributed by atoms with Crippen LogP contribution in [0.5, 0.6) is 0 Å². The first-order chi connectivity index (χ1) is 12.6. The number of aryl methyl sites for hydroxylation is 1. The van der Waals surface area contributed by atoms with Crippen molar-refractivity contribution in [1.82, 2.24) is 25.5 Å². The fourth-order valence-electron chi connectivity index (χ4n) is 2.83. The van der Waals surface area contributed by atoms with Gasteiger partial charge in [0.15, 0.2) is 0 Å². The SMILES string of the molecule is Cc1ccc(-c2cc(C(=O)NC(C)c3nc4ccccc4[nH]3)[nH]n2)cc1. The molecular weight excluding hydrogens is 326 g/mol. The molecule has 4 rings (SSSR count). The summed E-state index contributed by atoms with van der Waals surface area (Å²) in [6.07, 6.45) is 0. The van der Waals surface area contributed by atoms with E-state index in [2.05, 4.69) is 25.5 Å². The van der Waals surface area contributed by atoms with Gasteiger partial charge in [-0.2, -0.15) is 5.10 Å². The van der Waals surface area contributed by atoms with Gasteiger partial charge < -0.3 is 10.3 Å². The van der Waals surface area contributed by atoms with Gasteiger partial charge in [0.25, 0.3) is 5.91 Å². The van der Waals surface area contributed by atoms with Crippen LogP contribution in [-0.4, -0.2) is 26.1 Å². The Hall–Kier alpha value is -3.41. The summed E-state index contributed by atoms with van der Waals surface area (Å²) < 4.78 is 0. The van der Waals surface area contributed by atoms with Crippen molar-refractivity contribution >= 4 is 16.9 Å². The molecule has 0 fully saturated rings. The highest BCUT2D eigenvalue weighted by Gasteiger charge is 2.17. The second kappa shape index (κ2) is 6.48. The molecular formula is C20H19N5O. The third-order valence-corrected chi connectivity index (χ3v) is 4.34. The monoisotopic (exact) mass is 345 g/mol. The van der Waals surface area contributed by atoms with E-state index in [1.807, 2.05) is 62.4 Å². The maximum Gasteiger partial charge on any atom is 0.269 e. The third-order valence-electron chi connectivity index (χ3n) is 4.34. The molecule has 6 nitrogen and oxygen atoms in total. The molecule has 1 unspecified atom stereocenters. The predicted octanol–water partition coefficient (Wildman–Crippen LogP) is 3.75. The Balaban J connectivity index is 1.50. The lowest BCUT2D eigenvalue weighted by atomic mass is 10.1. The van der Waals surface area contributed by atoms with E-state index in [1.165, 1.54) is 5.56 Å². The van der Waals surface area contributed by atoms with Crippen LogP contribution in [0.2, 0.25) is 0 Å². The molecule has 4 aromatic rings. The molecule has 1 atom stereocenters. The third kappa shape index (κ3) is 3.09. The molecule has 1 amide bonds. The van der Waals surface area contributed by atoms with Crippen molar-refractivity contribution in [2.75, 3.05) is 0 Å². The maximum absolute atomic E-state index is 12.5. The van der Waals surface area contributed by atoms with Crippen LogP contribution in [0.15, 0.2) is 54.6 Å². The molecule has 0 saturated carbocycles. The number of carbonyl (C=O) groups excluding carboxylic acids is 1. The molecule has 0 aliphatic carbocycles. The smallest absolute Gasteiger partial charge is 0.269 e. The number of hydrogen-bond acceptors (Lipinski definition) is 3. The molecule has 6 heteroatoms. The molecule has 2 aromatic heterocycles. The van der Waals surface area contributed by atoms with E-state index >= 15 is 0 Å². The Kier molecular flexibility index (Phi) is 4.01. The minimum Gasteiger partial charge on any atom is -0.341 e. The number of nitrogens with one attached hydrogen (secondary N) is 3. The van der Waals surface area contributed by atoms with Crippen LogP contribution in [0.1, 0.15) is 34.8 Å². The summed E-state index contributed by atoms with van der Waals surface area (Å²) in [4.78, 5) is 20.3. The van der Waals surface area contributed by atoms with Crippen molar-refractivity contribution in [2.24, 2.45) is 0 Å². The van der Waals surface area contributed by atoms with Crippen LogP contribution in [0.25, 0.3) is 22.3 Å². The predicted molar refractivity (Wildman–Crippen MR) is 101 cm³/mol. The number of H-pyrrole nitrogens is 2. The molecule has 0 radical (unpaired) electrons. The lowest BCUT2D eigenvalue weighted by Gasteiger charge is -2.10. The Morgan fingerprint density at radius 2 is 1.88 bits per heavy atom. The highest BCUT2D eigenvalue weighted by atomic mass is 16.2. The van der Waals surface area contributed by atoms with Crippen molar-refractivity contribution in [2.45, 2.75) is 19.9 Å². The zero-order valence-electron chi connectivity index (χ0n) is 14.6. The van der Waals surface area contributed by atoms with Gasteiger partial charge in [0.1, 0.15) is 11.5 Å². The maximum atomic E-state index is 12.5. The highest BCUT2D eigenvalue weighted by Crippen LogP contribution is 2.19. The number of fused-ring (bicyclic) bond motifs is 1. The number of aromatic nitrogens is 4. The summed E-state index contributed by atoms with van der Waals surface area (Å²) in [7, 11) is 0. The van der Waals surface area contributed by atoms with E-state index < -0.39 is 0 Å². The van der Waals surface area contributed by atoms with Crippen molar-refractivity contribution in [3.05, 3.63) is 71.7 Å². The summed E-state index contributed by atoms with van der Waals surface area (Å²) in [6.45, 7) is 3.93. The zero-order valence-corrected chi connectivity index (χ0v) is 14.6. The average molecular weight is 345 g/mol. The molecule has 2 heterocycles. The minimum atomic E-state index is -0.249. The quantitative estimate of drug-likeness (QED) is 0.526. The molecule has 3 N–H and O–H groups in total. The summed E-state index contributed by atoms with van der Waals surface area (Å²) in [5, 5.41) is 10.00. The largest absolute Gasteiger partial charge is 0.341 e. The van der Waals surface area contributed by atoms with E-state index in [0.717, 1.165) is 28.1 Å². The second-order valence-electron chi connectivity index (χ2n) is 6.37. The number of benzene rings is 2. The number of amides is 1. The van der Waals surface area contributed by atoms with E-state index in [1.54, 1.807) is 6.07 Å². The van der Waals surface area contributed by atoms with Gasteiger partial charge in [-0.3, -0.25) is 9.89 Å². The number of imidazole rings is 1. The normalized spacial score (nSPS) is 12.2. The van der Waals surface area contributed by atoms with Crippen LogP contribution < -0.4 is 5.32 Å². The van der Waals surface area contributed by atoms with Gasteiger partial charge in [-0.15, -0.1) is 0 Å². The van der Waals surface area contributed by atoms with Gasteiger partial charge in [0.2, 0.25) is 0 Å². The van der Waals surface area contributed by atoms with Gasteiger partial charge in [-0.25, -0.2) is 4.98 Å². The van der Waals surface area contributed by atoms with Crippen LogP contribution in [0, 0.1) is 6.92 Å². The van der Waals surface area contributed by atoms with E-state index in [4.69, 9.17) is 0 Å². The van der Waals surface area contributed by atoms with E-state index in [-0.39, 0.29) is 11.9 Å². The fourth-order valence-corrected chi connectivity index (χ4v) is 2.83. The zero-order chi connectivity index (χ0) is 18.1. The Bertz CT molecular complexity index is 1030. The first-order valence-electron chi connectivity index (χ1n) is 8.48. The summed E-state index contributed by atoms with van der Waals surface area (Å²) in [6, 6.07) is 17.3. The van der Waals surface area contributed by atoms with Gasteiger partial charge in [-0.1, -0.05) is 42.0 Å². The average Bonchev–Trinajstić information content (AvgIpc) is 3.29. The first kappa shape index (κ1) is 16.1. The Labute approximate surface area is 150 Å². The van der Waals surface area contributed by atoms with Crippen molar-refractivity contribution in [3.63, 3.8) is 0 Å². The standard InChI is InChI=1S/C20H19N5O/c1-12-7-9-14(10-8-12)17-11-18(25-24-17)20(26)21-13(2)19-22-15-5-3-4-6-16(15)23-19/h3-11,13H,1-2H3,(H,21,26)(H,22,23)(H,24,25). The minimum absolute atomic E-state index is 0.219. The fraction of sp³-hybridized carbons (Fsp3) is 0.150. The van der Waals surface area contributed by atoms with Gasteiger partial charge in [0.05, 0.1) is 22.8 Å². The Morgan fingerprint density at radius 3 is 2.65 bits per heavy atom. The molecule has 2 aromatic carbocycles. The Morgan fingerprint density at radius 1 is 1.12 bits per heavy atom. The van der Waals surface area contributed by atoms with Crippen molar-refractivity contribution < 1.29 is 4.79 Å². The topological polar surface area (TPSA) is 86.5 Å². The number of nitrogens with zero attached hydrogens (tertiary/aromatic N) is 2. The summed E-state index contributed by atoms with van der Waals surface area (Å²) in [5.74, 6) is 0.502. The van der Waals surface area contributed by atoms with Crippen LogP contribution in [0.3, 0.4) is 0 Å². The molecule has 0 aliphatic rings. The molecule has 0 aliphatic heterocycles. The molecule has 0 spiro atoms. The number of carbonyl (C=O) groups is 1. The van der Waals surface area contributed by atoms with E-state index in [9.17, 15) is 4.79 Å². The molecule has 130 valence electrons. The summed E-state index contributed by atoms with van der Waals surface area (Å²) in [5.41, 5.74) is 5.15. The summed E-state index contributed by atoms with van der Waals surface area (Å²) >= 11 is 0. The van der Waals surface area contributed by atoms with Gasteiger partial charge in [-0.05, 0) is 32.0 Å². The van der Waals surface area contributed by atoms with Crippen molar-refractivity contribution in [3.8, 4) is 11.3 Å². The van der Waals surface area contributed by atoms with Crippen molar-refractivity contribution in [1.29, 1.82) is 0 Å². The van der Waals surface area contributed by atoms with E-state index in [0.29, 0.717) is 5.69 Å². The number of aromatic amines is 2. The highest BCUT2D eigenvalue weighted by molar-refractivity contribution is 5.93. The second-order valence-corrected chi connectivity index (χ2v) is 6.37. The number of hydrogen-bond donors (Lipinski definition) is 3. The molecule has 0 bridgehead atoms. The van der Waals surface area contributed by atoms with Gasteiger partial charge >= 0.3 is 0 Å².